The largest absolute Gasteiger partial charge is 0.336 e. The third-order valence-corrected chi connectivity index (χ3v) is 6.67. The number of carbonyl (C=O) groups is 1. The molecule has 1 N–H and O–H groups in total. The Labute approximate surface area is 189 Å². The highest BCUT2D eigenvalue weighted by Crippen LogP contribution is 2.25. The predicted molar refractivity (Wildman–Crippen MR) is 120 cm³/mol. The van der Waals surface area contributed by atoms with Crippen molar-refractivity contribution in [3.63, 3.8) is 0 Å². The van der Waals surface area contributed by atoms with E-state index in [2.05, 4.69) is 15.0 Å². The average molecular weight is 446 g/mol. The molecule has 2 saturated heterocycles. The quantitative estimate of drug-likeness (QED) is 0.667. The standard InChI is InChI=1S/C24H23FN6O2/c1-15-19(6-4-16(11-26)22(15)25)20-13-28-31(24(20)33)21-7-5-17(12-27-21)23(32)30-10-9-29-8-2-3-18(29)14-30/h4-7,12-13,18,28H,2-3,8-10,14H2,1H3. The predicted octanol–water partition coefficient (Wildman–Crippen LogP) is 2.47. The maximum absolute atomic E-state index is 14.4. The van der Waals surface area contributed by atoms with Crippen LogP contribution in [0.15, 0.2) is 41.5 Å². The second-order valence-corrected chi connectivity index (χ2v) is 8.53. The van der Waals surface area contributed by atoms with Crippen molar-refractivity contribution in [1.29, 1.82) is 5.26 Å². The van der Waals surface area contributed by atoms with Gasteiger partial charge in [0.25, 0.3) is 11.5 Å². The Morgan fingerprint density at radius 3 is 2.82 bits per heavy atom. The molecule has 4 heterocycles. The highest BCUT2D eigenvalue weighted by Gasteiger charge is 2.32. The zero-order chi connectivity index (χ0) is 23.1. The first-order valence-corrected chi connectivity index (χ1v) is 11.0. The highest BCUT2D eigenvalue weighted by atomic mass is 19.1. The van der Waals surface area contributed by atoms with E-state index in [1.54, 1.807) is 24.3 Å². The lowest BCUT2D eigenvalue weighted by molar-refractivity contribution is 0.0571. The van der Waals surface area contributed by atoms with Crippen LogP contribution in [0, 0.1) is 24.1 Å². The van der Waals surface area contributed by atoms with Crippen LogP contribution in [0.25, 0.3) is 16.9 Å². The summed E-state index contributed by atoms with van der Waals surface area (Å²) in [6.45, 7) is 4.99. The maximum Gasteiger partial charge on any atom is 0.280 e. The molecule has 2 aliphatic rings. The van der Waals surface area contributed by atoms with E-state index in [1.807, 2.05) is 4.90 Å². The van der Waals surface area contributed by atoms with Gasteiger partial charge in [-0.2, -0.15) is 5.26 Å². The molecule has 1 aromatic carbocycles. The van der Waals surface area contributed by atoms with Gasteiger partial charge >= 0.3 is 0 Å². The number of piperazine rings is 1. The number of aromatic amines is 1. The lowest BCUT2D eigenvalue weighted by Gasteiger charge is -2.37. The van der Waals surface area contributed by atoms with Crippen molar-refractivity contribution in [2.75, 3.05) is 26.2 Å². The van der Waals surface area contributed by atoms with Crippen LogP contribution in [0.3, 0.4) is 0 Å². The van der Waals surface area contributed by atoms with Gasteiger partial charge in [0.15, 0.2) is 5.82 Å². The second kappa shape index (κ2) is 8.30. The van der Waals surface area contributed by atoms with E-state index in [9.17, 15) is 14.0 Å². The molecular weight excluding hydrogens is 423 g/mol. The Morgan fingerprint density at radius 1 is 1.21 bits per heavy atom. The normalized spacial score (nSPS) is 18.2. The minimum absolute atomic E-state index is 0.0520. The summed E-state index contributed by atoms with van der Waals surface area (Å²) < 4.78 is 15.6. The van der Waals surface area contributed by atoms with Crippen LogP contribution in [0.1, 0.15) is 34.3 Å². The number of nitrogens with one attached hydrogen (secondary N) is 1. The van der Waals surface area contributed by atoms with Crippen molar-refractivity contribution < 1.29 is 9.18 Å². The summed E-state index contributed by atoms with van der Waals surface area (Å²) >= 11 is 0. The van der Waals surface area contributed by atoms with E-state index >= 15 is 0 Å². The van der Waals surface area contributed by atoms with Gasteiger partial charge < -0.3 is 4.90 Å². The number of amides is 1. The molecule has 33 heavy (non-hydrogen) atoms. The Hall–Kier alpha value is -3.77. The van der Waals surface area contributed by atoms with E-state index in [4.69, 9.17) is 5.26 Å². The van der Waals surface area contributed by atoms with Crippen LogP contribution in [-0.2, 0) is 0 Å². The van der Waals surface area contributed by atoms with Crippen LogP contribution < -0.4 is 5.56 Å². The first-order valence-electron chi connectivity index (χ1n) is 11.0. The number of pyridine rings is 1. The fourth-order valence-electron chi connectivity index (χ4n) is 4.80. The number of carbonyl (C=O) groups excluding carboxylic acids is 1. The van der Waals surface area contributed by atoms with Gasteiger partial charge in [0, 0.05) is 38.1 Å². The molecule has 168 valence electrons. The van der Waals surface area contributed by atoms with Crippen LogP contribution in [-0.4, -0.2) is 62.7 Å². The number of halogens is 1. The van der Waals surface area contributed by atoms with E-state index in [-0.39, 0.29) is 22.6 Å². The maximum atomic E-state index is 14.4. The van der Waals surface area contributed by atoms with E-state index < -0.39 is 11.4 Å². The van der Waals surface area contributed by atoms with Gasteiger partial charge in [-0.15, -0.1) is 0 Å². The number of nitriles is 1. The van der Waals surface area contributed by atoms with E-state index in [0.717, 1.165) is 26.1 Å². The molecule has 2 fully saturated rings. The van der Waals surface area contributed by atoms with Crippen LogP contribution in [0.2, 0.25) is 0 Å². The van der Waals surface area contributed by atoms with Gasteiger partial charge in [0.05, 0.1) is 16.7 Å². The number of hydrogen-bond acceptors (Lipinski definition) is 5. The molecule has 0 saturated carbocycles. The minimum Gasteiger partial charge on any atom is -0.336 e. The number of benzene rings is 1. The first-order chi connectivity index (χ1) is 16.0. The third kappa shape index (κ3) is 3.62. The summed E-state index contributed by atoms with van der Waals surface area (Å²) in [6, 6.07) is 8.46. The van der Waals surface area contributed by atoms with Gasteiger partial charge in [-0.3, -0.25) is 19.6 Å². The topological polar surface area (TPSA) is 98.0 Å². The molecule has 5 rings (SSSR count). The molecule has 0 radical (unpaired) electrons. The molecule has 1 atom stereocenters. The molecule has 0 aliphatic carbocycles. The number of fused-ring (bicyclic) bond motifs is 1. The Bertz CT molecular complexity index is 1320. The molecule has 1 amide bonds. The summed E-state index contributed by atoms with van der Waals surface area (Å²) in [5.74, 6) is -0.361. The molecular formula is C24H23FN6O2. The van der Waals surface area contributed by atoms with Crippen LogP contribution in [0.4, 0.5) is 4.39 Å². The monoisotopic (exact) mass is 446 g/mol. The molecule has 0 spiro atoms. The average Bonchev–Trinajstić information content (AvgIpc) is 3.46. The lowest BCUT2D eigenvalue weighted by Crippen LogP contribution is -2.52. The van der Waals surface area contributed by atoms with Crippen LogP contribution >= 0.6 is 0 Å². The number of H-pyrrole nitrogens is 1. The number of rotatable bonds is 3. The third-order valence-electron chi connectivity index (χ3n) is 6.67. The zero-order valence-corrected chi connectivity index (χ0v) is 18.2. The van der Waals surface area contributed by atoms with Gasteiger partial charge in [0.2, 0.25) is 0 Å². The number of hydrogen-bond donors (Lipinski definition) is 1. The van der Waals surface area contributed by atoms with Crippen molar-refractivity contribution in [3.8, 4) is 23.0 Å². The molecule has 3 aromatic rings. The zero-order valence-electron chi connectivity index (χ0n) is 18.2. The van der Waals surface area contributed by atoms with E-state index in [1.165, 1.54) is 36.5 Å². The molecule has 1 unspecified atom stereocenters. The summed E-state index contributed by atoms with van der Waals surface area (Å²) in [5.41, 5.74) is 0.926. The molecule has 9 heteroatoms. The highest BCUT2D eigenvalue weighted by molar-refractivity contribution is 5.94. The van der Waals surface area contributed by atoms with Crippen molar-refractivity contribution in [1.82, 2.24) is 24.6 Å². The summed E-state index contributed by atoms with van der Waals surface area (Å²) in [7, 11) is 0. The minimum atomic E-state index is -0.637. The van der Waals surface area contributed by atoms with Crippen LogP contribution in [0.5, 0.6) is 0 Å². The van der Waals surface area contributed by atoms with Gasteiger partial charge in [0.1, 0.15) is 11.9 Å². The first kappa shape index (κ1) is 21.1. The Morgan fingerprint density at radius 2 is 2.06 bits per heavy atom. The molecule has 8 nitrogen and oxygen atoms in total. The Balaban J connectivity index is 1.38. The van der Waals surface area contributed by atoms with Gasteiger partial charge in [-0.25, -0.2) is 14.1 Å². The molecule has 0 bridgehead atoms. The van der Waals surface area contributed by atoms with Crippen molar-refractivity contribution >= 4 is 5.91 Å². The number of nitrogens with zero attached hydrogens (tertiary/aromatic N) is 5. The molecule has 2 aromatic heterocycles. The number of aromatic nitrogens is 3. The summed E-state index contributed by atoms with van der Waals surface area (Å²) in [6.07, 6.45) is 5.28. The smallest absolute Gasteiger partial charge is 0.280 e. The lowest BCUT2D eigenvalue weighted by atomic mass is 10.0. The van der Waals surface area contributed by atoms with Gasteiger partial charge in [-0.05, 0) is 55.6 Å². The van der Waals surface area contributed by atoms with E-state index in [0.29, 0.717) is 29.5 Å². The molecule has 2 aliphatic heterocycles. The second-order valence-electron chi connectivity index (χ2n) is 8.53. The fraction of sp³-hybridized carbons (Fsp3) is 0.333. The summed E-state index contributed by atoms with van der Waals surface area (Å²) in [5, 5.41) is 11.9. The summed E-state index contributed by atoms with van der Waals surface area (Å²) in [4.78, 5) is 34.6. The van der Waals surface area contributed by atoms with Crippen molar-refractivity contribution in [3.05, 3.63) is 69.5 Å². The van der Waals surface area contributed by atoms with Crippen molar-refractivity contribution in [2.45, 2.75) is 25.8 Å². The SMILES string of the molecule is Cc1c(-c2c[nH]n(-c3ccc(C(=O)N4CCN5CCCC5C4)cn3)c2=O)ccc(C#N)c1F. The van der Waals surface area contributed by atoms with Crippen molar-refractivity contribution in [2.24, 2.45) is 0 Å². The Kier molecular flexibility index (Phi) is 5.30. The fourth-order valence-corrected chi connectivity index (χ4v) is 4.80. The van der Waals surface area contributed by atoms with Gasteiger partial charge in [-0.1, -0.05) is 6.07 Å².